The summed E-state index contributed by atoms with van der Waals surface area (Å²) in [4.78, 5) is 15.4. The number of carbonyl (C=O) groups excluding carboxylic acids is 1. The molecule has 6 nitrogen and oxygen atoms in total. The van der Waals surface area contributed by atoms with Gasteiger partial charge in [0.2, 0.25) is 5.82 Å². The molecule has 0 aliphatic heterocycles. The van der Waals surface area contributed by atoms with Crippen LogP contribution in [0.3, 0.4) is 0 Å². The lowest BCUT2D eigenvalue weighted by atomic mass is 10.2. The third-order valence-corrected chi connectivity index (χ3v) is 3.52. The maximum absolute atomic E-state index is 13.0. The molecule has 7 heteroatoms. The summed E-state index contributed by atoms with van der Waals surface area (Å²) in [5, 5.41) is 12.0. The highest BCUT2D eigenvalue weighted by Gasteiger charge is 2.16. The average Bonchev–Trinajstić information content (AvgIpc) is 3.05. The third kappa shape index (κ3) is 3.45. The molecule has 1 amide bonds. The number of hydrogen-bond donors (Lipinski definition) is 0. The van der Waals surface area contributed by atoms with Gasteiger partial charge in [-0.15, -0.1) is 10.2 Å². The molecule has 0 aliphatic rings. The van der Waals surface area contributed by atoms with E-state index in [1.165, 1.54) is 16.9 Å². The third-order valence-electron chi connectivity index (χ3n) is 3.52. The molecule has 0 atom stereocenters. The van der Waals surface area contributed by atoms with E-state index in [4.69, 9.17) is 0 Å². The number of aromatic nitrogens is 4. The molecule has 2 aromatic carbocycles. The van der Waals surface area contributed by atoms with Crippen molar-refractivity contribution in [3.63, 3.8) is 0 Å². The number of rotatable bonds is 5. The molecular weight excluding hydrogens is 309 g/mol. The van der Waals surface area contributed by atoms with Crippen molar-refractivity contribution in [2.75, 3.05) is 11.4 Å². The minimum absolute atomic E-state index is 0.0169. The Morgan fingerprint density at radius 1 is 1.12 bits per heavy atom. The van der Waals surface area contributed by atoms with Gasteiger partial charge in [0.05, 0.1) is 0 Å². The largest absolute Gasteiger partial charge is 0.311 e. The van der Waals surface area contributed by atoms with Gasteiger partial charge in [0.25, 0.3) is 5.91 Å². The van der Waals surface area contributed by atoms with Crippen LogP contribution in [0.25, 0.3) is 11.4 Å². The number of halogens is 1. The van der Waals surface area contributed by atoms with Crippen LogP contribution in [-0.4, -0.2) is 32.7 Å². The van der Waals surface area contributed by atoms with Crippen molar-refractivity contribution in [1.82, 2.24) is 20.2 Å². The van der Waals surface area contributed by atoms with E-state index < -0.39 is 0 Å². The first-order chi connectivity index (χ1) is 11.7. The summed E-state index contributed by atoms with van der Waals surface area (Å²) < 4.78 is 13.0. The monoisotopic (exact) mass is 325 g/mol. The number of carbonyl (C=O) groups is 1. The van der Waals surface area contributed by atoms with Gasteiger partial charge in [-0.25, -0.2) is 4.39 Å². The maximum atomic E-state index is 13.0. The van der Waals surface area contributed by atoms with Gasteiger partial charge in [-0.1, -0.05) is 18.2 Å². The predicted molar refractivity (Wildman–Crippen MR) is 87.7 cm³/mol. The summed E-state index contributed by atoms with van der Waals surface area (Å²) in [7, 11) is 0. The fourth-order valence-electron chi connectivity index (χ4n) is 2.34. The number of likely N-dealkylation sites (N-methyl/N-ethyl adjacent to an activating group) is 1. The highest BCUT2D eigenvalue weighted by atomic mass is 19.1. The molecule has 1 heterocycles. The van der Waals surface area contributed by atoms with E-state index in [1.807, 2.05) is 37.3 Å². The molecule has 3 rings (SSSR count). The van der Waals surface area contributed by atoms with Gasteiger partial charge >= 0.3 is 0 Å². The molecule has 0 N–H and O–H groups in total. The molecule has 0 aliphatic carbocycles. The lowest BCUT2D eigenvalue weighted by molar-refractivity contribution is -0.119. The van der Waals surface area contributed by atoms with E-state index in [1.54, 1.807) is 17.0 Å². The van der Waals surface area contributed by atoms with Crippen molar-refractivity contribution in [2.24, 2.45) is 0 Å². The Labute approximate surface area is 138 Å². The number of benzene rings is 2. The Morgan fingerprint density at radius 2 is 1.83 bits per heavy atom. The van der Waals surface area contributed by atoms with Crippen molar-refractivity contribution < 1.29 is 9.18 Å². The van der Waals surface area contributed by atoms with Crippen LogP contribution in [0.15, 0.2) is 54.6 Å². The van der Waals surface area contributed by atoms with Crippen molar-refractivity contribution in [1.29, 1.82) is 0 Å². The van der Waals surface area contributed by atoms with Crippen LogP contribution in [-0.2, 0) is 11.3 Å². The van der Waals surface area contributed by atoms with Crippen LogP contribution < -0.4 is 4.90 Å². The first kappa shape index (κ1) is 15.8. The lowest BCUT2D eigenvalue weighted by Gasteiger charge is -2.20. The molecule has 0 unspecified atom stereocenters. The quantitative estimate of drug-likeness (QED) is 0.723. The van der Waals surface area contributed by atoms with Gasteiger partial charge in [0.1, 0.15) is 12.4 Å². The molecule has 122 valence electrons. The van der Waals surface area contributed by atoms with E-state index in [-0.39, 0.29) is 18.3 Å². The molecule has 24 heavy (non-hydrogen) atoms. The number of tetrazole rings is 1. The van der Waals surface area contributed by atoms with Crippen LogP contribution in [0.4, 0.5) is 10.1 Å². The molecule has 0 radical (unpaired) electrons. The molecule has 1 aromatic heterocycles. The predicted octanol–water partition coefficient (Wildman–Crippen LogP) is 2.53. The number of anilines is 1. The molecule has 0 saturated carbocycles. The van der Waals surface area contributed by atoms with E-state index in [0.717, 1.165) is 5.69 Å². The fraction of sp³-hybridized carbons (Fsp3) is 0.176. The van der Waals surface area contributed by atoms with Gasteiger partial charge in [-0.05, 0) is 48.5 Å². The van der Waals surface area contributed by atoms with Crippen LogP contribution in [0, 0.1) is 5.82 Å². The van der Waals surface area contributed by atoms with Crippen molar-refractivity contribution >= 4 is 11.6 Å². The molecular formula is C17H16FN5O. The minimum Gasteiger partial charge on any atom is -0.311 e. The van der Waals surface area contributed by atoms with Gasteiger partial charge in [-0.3, -0.25) is 4.79 Å². The zero-order chi connectivity index (χ0) is 16.9. The summed E-state index contributed by atoms with van der Waals surface area (Å²) >= 11 is 0. The Hall–Kier alpha value is -3.09. The second-order valence-electron chi connectivity index (χ2n) is 5.12. The van der Waals surface area contributed by atoms with Crippen molar-refractivity contribution in [3.05, 3.63) is 60.4 Å². The molecule has 0 saturated heterocycles. The Balaban J connectivity index is 1.74. The van der Waals surface area contributed by atoms with Crippen molar-refractivity contribution in [2.45, 2.75) is 13.5 Å². The van der Waals surface area contributed by atoms with Gasteiger partial charge in [0, 0.05) is 17.8 Å². The van der Waals surface area contributed by atoms with Crippen LogP contribution >= 0.6 is 0 Å². The van der Waals surface area contributed by atoms with Gasteiger partial charge in [-0.2, -0.15) is 4.80 Å². The molecule has 0 fully saturated rings. The Morgan fingerprint density at radius 3 is 2.50 bits per heavy atom. The first-order valence-electron chi connectivity index (χ1n) is 7.56. The zero-order valence-electron chi connectivity index (χ0n) is 13.1. The van der Waals surface area contributed by atoms with E-state index in [2.05, 4.69) is 15.4 Å². The van der Waals surface area contributed by atoms with E-state index in [0.29, 0.717) is 17.9 Å². The summed E-state index contributed by atoms with van der Waals surface area (Å²) in [6, 6.07) is 15.2. The second-order valence-corrected chi connectivity index (χ2v) is 5.12. The number of nitrogens with zero attached hydrogens (tertiary/aromatic N) is 5. The normalized spacial score (nSPS) is 10.6. The molecule has 0 bridgehead atoms. The summed E-state index contributed by atoms with van der Waals surface area (Å²) in [5.74, 6) is -0.111. The van der Waals surface area contributed by atoms with E-state index in [9.17, 15) is 9.18 Å². The zero-order valence-corrected chi connectivity index (χ0v) is 13.1. The summed E-state index contributed by atoms with van der Waals surface area (Å²) in [6.45, 7) is 2.43. The lowest BCUT2D eigenvalue weighted by Crippen LogP contribution is -2.34. The number of hydrogen-bond acceptors (Lipinski definition) is 4. The minimum atomic E-state index is -0.331. The number of para-hydroxylation sites is 1. The highest BCUT2D eigenvalue weighted by Crippen LogP contribution is 2.15. The Bertz CT molecular complexity index is 817. The topological polar surface area (TPSA) is 63.9 Å². The SMILES string of the molecule is CCN(C(=O)Cn1nnc(-c2ccc(F)cc2)n1)c1ccccc1. The number of amides is 1. The van der Waals surface area contributed by atoms with Crippen LogP contribution in [0.2, 0.25) is 0 Å². The van der Waals surface area contributed by atoms with Gasteiger partial charge < -0.3 is 4.90 Å². The summed E-state index contributed by atoms with van der Waals surface area (Å²) in [5.41, 5.74) is 1.47. The van der Waals surface area contributed by atoms with Crippen LogP contribution in [0.1, 0.15) is 6.92 Å². The van der Waals surface area contributed by atoms with Gasteiger partial charge in [0.15, 0.2) is 0 Å². The average molecular weight is 325 g/mol. The first-order valence-corrected chi connectivity index (χ1v) is 7.56. The standard InChI is InChI=1S/C17H16FN5O/c1-2-22(15-6-4-3-5-7-15)16(24)12-23-20-17(19-21-23)13-8-10-14(18)11-9-13/h3-11H,2,12H2,1H3. The smallest absolute Gasteiger partial charge is 0.250 e. The van der Waals surface area contributed by atoms with Crippen molar-refractivity contribution in [3.8, 4) is 11.4 Å². The Kier molecular flexibility index (Phi) is 4.60. The maximum Gasteiger partial charge on any atom is 0.250 e. The molecule has 0 spiro atoms. The van der Waals surface area contributed by atoms with Crippen LogP contribution in [0.5, 0.6) is 0 Å². The summed E-state index contributed by atoms with van der Waals surface area (Å²) in [6.07, 6.45) is 0. The highest BCUT2D eigenvalue weighted by molar-refractivity contribution is 5.92. The molecule has 3 aromatic rings. The fourth-order valence-corrected chi connectivity index (χ4v) is 2.34. The second kappa shape index (κ2) is 6.99. The van der Waals surface area contributed by atoms with E-state index >= 15 is 0 Å².